The molecule has 9 heteroatoms. The minimum absolute atomic E-state index is 0.00583. The van der Waals surface area contributed by atoms with Crippen LogP contribution in [0.3, 0.4) is 0 Å². The van der Waals surface area contributed by atoms with Crippen molar-refractivity contribution in [3.05, 3.63) is 64.4 Å². The number of hydrogen-bond acceptors (Lipinski definition) is 5. The summed E-state index contributed by atoms with van der Waals surface area (Å²) in [6.07, 6.45) is 0. The molecule has 0 unspecified atom stereocenters. The van der Waals surface area contributed by atoms with Gasteiger partial charge in [0.2, 0.25) is 0 Å². The molecule has 2 aromatic carbocycles. The largest absolute Gasteiger partial charge is 0.483 e. The SMILES string of the molecule is C[C@@H]1CN(Cc2ccc(F)cc2)[C@@H](C)CN1C(=O)COc1ccc(Cl)cc1COCC(=O)O. The lowest BCUT2D eigenvalue weighted by Crippen LogP contribution is -2.58. The zero-order chi connectivity index (χ0) is 24.0. The van der Waals surface area contributed by atoms with Crippen molar-refractivity contribution in [2.45, 2.75) is 39.1 Å². The number of nitrogens with zero attached hydrogens (tertiary/aromatic N) is 2. The van der Waals surface area contributed by atoms with E-state index < -0.39 is 12.6 Å². The Morgan fingerprint density at radius 1 is 1.09 bits per heavy atom. The number of carboxylic acids is 1. The summed E-state index contributed by atoms with van der Waals surface area (Å²) in [5, 5.41) is 9.20. The first kappa shape index (κ1) is 25.0. The second-order valence-electron chi connectivity index (χ2n) is 8.23. The van der Waals surface area contributed by atoms with E-state index in [9.17, 15) is 14.0 Å². The first-order valence-electron chi connectivity index (χ1n) is 10.7. The maximum atomic E-state index is 13.2. The lowest BCUT2D eigenvalue weighted by Gasteiger charge is -2.44. The van der Waals surface area contributed by atoms with Crippen LogP contribution in [0.15, 0.2) is 42.5 Å². The van der Waals surface area contributed by atoms with Gasteiger partial charge in [0, 0.05) is 42.3 Å². The molecule has 1 saturated heterocycles. The molecule has 1 fully saturated rings. The van der Waals surface area contributed by atoms with Gasteiger partial charge >= 0.3 is 5.97 Å². The van der Waals surface area contributed by atoms with Gasteiger partial charge in [0.1, 0.15) is 18.2 Å². The van der Waals surface area contributed by atoms with Crippen molar-refractivity contribution in [2.24, 2.45) is 0 Å². The topological polar surface area (TPSA) is 79.3 Å². The third-order valence-electron chi connectivity index (χ3n) is 5.59. The van der Waals surface area contributed by atoms with Crippen molar-refractivity contribution < 1.29 is 28.6 Å². The number of carbonyl (C=O) groups excluding carboxylic acids is 1. The van der Waals surface area contributed by atoms with E-state index >= 15 is 0 Å². The zero-order valence-corrected chi connectivity index (χ0v) is 19.4. The fourth-order valence-electron chi connectivity index (χ4n) is 3.86. The van der Waals surface area contributed by atoms with E-state index in [1.807, 2.05) is 11.8 Å². The second kappa shape index (κ2) is 11.4. The number of amides is 1. The number of hydrogen-bond donors (Lipinski definition) is 1. The number of halogens is 2. The summed E-state index contributed by atoms with van der Waals surface area (Å²) in [7, 11) is 0. The molecule has 1 aliphatic heterocycles. The standard InChI is InChI=1S/C24H28ClFN2O5/c1-16-11-28(17(2)10-27(16)12-18-3-6-21(26)7-4-18)23(29)14-33-22-8-5-20(25)9-19(22)13-32-15-24(30)31/h3-9,16-17H,10-15H2,1-2H3,(H,30,31)/t16-,17+/m0/s1. The molecule has 1 amide bonds. The molecule has 0 saturated carbocycles. The molecule has 0 aliphatic carbocycles. The summed E-state index contributed by atoms with van der Waals surface area (Å²) < 4.78 is 24.1. The van der Waals surface area contributed by atoms with E-state index in [4.69, 9.17) is 26.2 Å². The summed E-state index contributed by atoms with van der Waals surface area (Å²) >= 11 is 6.03. The molecule has 1 aliphatic rings. The minimum atomic E-state index is -1.07. The van der Waals surface area contributed by atoms with Crippen molar-refractivity contribution >= 4 is 23.5 Å². The van der Waals surface area contributed by atoms with Crippen LogP contribution in [-0.2, 0) is 27.5 Å². The summed E-state index contributed by atoms with van der Waals surface area (Å²) in [6.45, 7) is 5.41. The van der Waals surface area contributed by atoms with Gasteiger partial charge in [0.15, 0.2) is 6.61 Å². The Morgan fingerprint density at radius 3 is 2.52 bits per heavy atom. The molecule has 3 rings (SSSR count). The van der Waals surface area contributed by atoms with Crippen molar-refractivity contribution in [1.29, 1.82) is 0 Å². The van der Waals surface area contributed by atoms with E-state index in [2.05, 4.69) is 11.8 Å². The highest BCUT2D eigenvalue weighted by Crippen LogP contribution is 2.24. The van der Waals surface area contributed by atoms with Crippen LogP contribution in [0, 0.1) is 5.82 Å². The van der Waals surface area contributed by atoms with Crippen molar-refractivity contribution in [1.82, 2.24) is 9.80 Å². The molecule has 178 valence electrons. The maximum absolute atomic E-state index is 13.2. The molecule has 1 heterocycles. The molecule has 2 aromatic rings. The van der Waals surface area contributed by atoms with Crippen molar-refractivity contribution in [3.8, 4) is 5.75 Å². The van der Waals surface area contributed by atoms with E-state index in [1.165, 1.54) is 12.1 Å². The van der Waals surface area contributed by atoms with Gasteiger partial charge in [-0.2, -0.15) is 0 Å². The highest BCUT2D eigenvalue weighted by Gasteiger charge is 2.32. The number of ether oxygens (including phenoxy) is 2. The fourth-order valence-corrected chi connectivity index (χ4v) is 4.06. The molecule has 0 spiro atoms. The fraction of sp³-hybridized carbons (Fsp3) is 0.417. The van der Waals surface area contributed by atoms with Crippen LogP contribution < -0.4 is 4.74 Å². The number of carbonyl (C=O) groups is 2. The molecule has 7 nitrogen and oxygen atoms in total. The van der Waals surface area contributed by atoms with Crippen LogP contribution in [0.2, 0.25) is 5.02 Å². The molecule has 0 bridgehead atoms. The molecule has 33 heavy (non-hydrogen) atoms. The number of piperazine rings is 1. The average Bonchev–Trinajstić information content (AvgIpc) is 2.76. The van der Waals surface area contributed by atoms with E-state index in [0.29, 0.717) is 36.0 Å². The first-order valence-corrected chi connectivity index (χ1v) is 11.1. The van der Waals surface area contributed by atoms with Crippen molar-refractivity contribution in [3.63, 3.8) is 0 Å². The minimum Gasteiger partial charge on any atom is -0.483 e. The van der Waals surface area contributed by atoms with Gasteiger partial charge < -0.3 is 19.5 Å². The molecule has 0 aromatic heterocycles. The quantitative estimate of drug-likeness (QED) is 0.593. The van der Waals surface area contributed by atoms with Gasteiger partial charge in [-0.15, -0.1) is 0 Å². The lowest BCUT2D eigenvalue weighted by molar-refractivity contribution is -0.142. The smallest absolute Gasteiger partial charge is 0.329 e. The highest BCUT2D eigenvalue weighted by atomic mass is 35.5. The normalized spacial score (nSPS) is 18.8. The Morgan fingerprint density at radius 2 is 1.82 bits per heavy atom. The average molecular weight is 479 g/mol. The third-order valence-corrected chi connectivity index (χ3v) is 5.83. The van der Waals surface area contributed by atoms with Crippen LogP contribution in [0.25, 0.3) is 0 Å². The van der Waals surface area contributed by atoms with Crippen LogP contribution >= 0.6 is 11.6 Å². The monoisotopic (exact) mass is 478 g/mol. The van der Waals surface area contributed by atoms with Crippen LogP contribution in [0.5, 0.6) is 5.75 Å². The molecule has 0 radical (unpaired) electrons. The molecular weight excluding hydrogens is 451 g/mol. The van der Waals surface area contributed by atoms with Gasteiger partial charge in [-0.1, -0.05) is 23.7 Å². The zero-order valence-electron chi connectivity index (χ0n) is 18.7. The lowest BCUT2D eigenvalue weighted by atomic mass is 10.1. The summed E-state index contributed by atoms with van der Waals surface area (Å²) in [6, 6.07) is 11.5. The number of carboxylic acid groups (broad SMARTS) is 1. The third kappa shape index (κ3) is 7.15. The molecule has 2 atom stereocenters. The first-order chi connectivity index (χ1) is 15.7. The predicted molar refractivity (Wildman–Crippen MR) is 122 cm³/mol. The maximum Gasteiger partial charge on any atom is 0.329 e. The number of aliphatic carboxylic acids is 1. The van der Waals surface area contributed by atoms with Gasteiger partial charge in [-0.05, 0) is 49.7 Å². The van der Waals surface area contributed by atoms with Crippen LogP contribution in [0.4, 0.5) is 4.39 Å². The summed E-state index contributed by atoms with van der Waals surface area (Å²) in [5.74, 6) is -1.04. The Labute approximate surface area is 197 Å². The van der Waals surface area contributed by atoms with Gasteiger partial charge in [-0.25, -0.2) is 9.18 Å². The van der Waals surface area contributed by atoms with Crippen LogP contribution in [0.1, 0.15) is 25.0 Å². The Hall–Kier alpha value is -2.68. The molecule has 1 N–H and O–H groups in total. The van der Waals surface area contributed by atoms with E-state index in [1.54, 1.807) is 30.3 Å². The number of rotatable bonds is 9. The van der Waals surface area contributed by atoms with Gasteiger partial charge in [-0.3, -0.25) is 9.69 Å². The van der Waals surface area contributed by atoms with E-state index in [-0.39, 0.29) is 37.0 Å². The second-order valence-corrected chi connectivity index (χ2v) is 8.66. The Bertz CT molecular complexity index is 972. The molecular formula is C24H28ClFN2O5. The predicted octanol–water partition coefficient (Wildman–Crippen LogP) is 3.58. The van der Waals surface area contributed by atoms with Crippen LogP contribution in [-0.4, -0.2) is 65.2 Å². The van der Waals surface area contributed by atoms with Gasteiger partial charge in [0.25, 0.3) is 5.91 Å². The van der Waals surface area contributed by atoms with E-state index in [0.717, 1.165) is 5.56 Å². The van der Waals surface area contributed by atoms with Gasteiger partial charge in [0.05, 0.1) is 6.61 Å². The summed E-state index contributed by atoms with van der Waals surface area (Å²) in [4.78, 5) is 27.7. The number of benzene rings is 2. The summed E-state index contributed by atoms with van der Waals surface area (Å²) in [5.41, 5.74) is 1.60. The Balaban J connectivity index is 1.56. The van der Waals surface area contributed by atoms with Crippen molar-refractivity contribution in [2.75, 3.05) is 26.3 Å². The highest BCUT2D eigenvalue weighted by molar-refractivity contribution is 6.30. The Kier molecular flexibility index (Phi) is 8.66.